The predicted octanol–water partition coefficient (Wildman–Crippen LogP) is 0.703. The third kappa shape index (κ3) is 2.96. The quantitative estimate of drug-likeness (QED) is 0.860. The van der Waals surface area contributed by atoms with Crippen LogP contribution < -0.4 is 11.1 Å². The lowest BCUT2D eigenvalue weighted by molar-refractivity contribution is -0.145. The first-order chi connectivity index (χ1) is 10.1. The average molecular weight is 324 g/mol. The van der Waals surface area contributed by atoms with Crippen LogP contribution in [0.5, 0.6) is 0 Å². The molecule has 6 heteroatoms. The molecule has 0 spiro atoms. The average Bonchev–Trinajstić information content (AvgIpc) is 2.43. The van der Waals surface area contributed by atoms with E-state index in [0.717, 1.165) is 24.2 Å². The van der Waals surface area contributed by atoms with Gasteiger partial charge in [0.1, 0.15) is 6.04 Å². The summed E-state index contributed by atoms with van der Waals surface area (Å²) in [6.07, 6.45) is 0.521. The first kappa shape index (κ1) is 16.8. The molecule has 1 fully saturated rings. The molecule has 0 aliphatic carbocycles. The van der Waals surface area contributed by atoms with Gasteiger partial charge >= 0.3 is 0 Å². The lowest BCUT2D eigenvalue weighted by atomic mass is 9.86. The van der Waals surface area contributed by atoms with E-state index in [-0.39, 0.29) is 24.2 Å². The number of amides is 2. The zero-order valence-electron chi connectivity index (χ0n) is 12.6. The number of nitrogens with two attached hydrogens (primary N) is 1. The van der Waals surface area contributed by atoms with E-state index in [2.05, 4.69) is 5.32 Å². The summed E-state index contributed by atoms with van der Waals surface area (Å²) in [5.41, 5.74) is 7.76. The van der Waals surface area contributed by atoms with Crippen LogP contribution in [0.4, 0.5) is 0 Å². The van der Waals surface area contributed by atoms with Crippen LogP contribution in [0.25, 0.3) is 0 Å². The van der Waals surface area contributed by atoms with Crippen molar-refractivity contribution in [2.24, 2.45) is 17.6 Å². The first-order valence-electron chi connectivity index (χ1n) is 7.45. The van der Waals surface area contributed by atoms with E-state index in [4.69, 9.17) is 5.73 Å². The van der Waals surface area contributed by atoms with Crippen LogP contribution in [0.1, 0.15) is 18.1 Å². The molecule has 2 aliphatic rings. The lowest BCUT2D eigenvalue weighted by Gasteiger charge is -2.40. The molecule has 3 rings (SSSR count). The van der Waals surface area contributed by atoms with Gasteiger partial charge in [-0.3, -0.25) is 9.59 Å². The predicted molar refractivity (Wildman–Crippen MR) is 86.5 cm³/mol. The van der Waals surface area contributed by atoms with Gasteiger partial charge in [0.2, 0.25) is 11.8 Å². The minimum absolute atomic E-state index is 0. The largest absolute Gasteiger partial charge is 0.368 e. The molecular weight excluding hydrogens is 302 g/mol. The number of hydrogen-bond acceptors (Lipinski definition) is 3. The van der Waals surface area contributed by atoms with Crippen LogP contribution in [-0.4, -0.2) is 35.8 Å². The van der Waals surface area contributed by atoms with Crippen LogP contribution in [0.15, 0.2) is 24.3 Å². The van der Waals surface area contributed by atoms with Crippen molar-refractivity contribution in [1.82, 2.24) is 10.2 Å². The van der Waals surface area contributed by atoms with Gasteiger partial charge in [0.15, 0.2) is 0 Å². The highest BCUT2D eigenvalue weighted by Crippen LogP contribution is 2.27. The minimum atomic E-state index is -0.525. The van der Waals surface area contributed by atoms with E-state index in [1.54, 1.807) is 4.90 Å². The maximum Gasteiger partial charge on any atom is 0.240 e. The molecule has 2 unspecified atom stereocenters. The van der Waals surface area contributed by atoms with Crippen molar-refractivity contribution in [2.45, 2.75) is 25.9 Å². The smallest absolute Gasteiger partial charge is 0.240 e. The Morgan fingerprint density at radius 3 is 2.45 bits per heavy atom. The molecule has 5 nitrogen and oxygen atoms in total. The molecule has 22 heavy (non-hydrogen) atoms. The topological polar surface area (TPSA) is 75.4 Å². The van der Waals surface area contributed by atoms with Crippen molar-refractivity contribution in [3.05, 3.63) is 35.4 Å². The summed E-state index contributed by atoms with van der Waals surface area (Å²) in [5.74, 6) is -0.0850. The van der Waals surface area contributed by atoms with Gasteiger partial charge in [-0.15, -0.1) is 12.4 Å². The number of carbonyl (C=O) groups excluding carboxylic acids is 2. The summed E-state index contributed by atoms with van der Waals surface area (Å²) in [6, 6.07) is 7.42. The molecular formula is C16H22ClN3O2. The van der Waals surface area contributed by atoms with Gasteiger partial charge in [-0.05, 0) is 30.1 Å². The Kier molecular flexibility index (Phi) is 5.08. The van der Waals surface area contributed by atoms with Crippen molar-refractivity contribution in [3.8, 4) is 0 Å². The zero-order valence-corrected chi connectivity index (χ0v) is 13.4. The molecule has 0 bridgehead atoms. The number of fused-ring (bicyclic) bond motifs is 1. The molecule has 2 aliphatic heterocycles. The highest BCUT2D eigenvalue weighted by Gasteiger charge is 2.38. The molecule has 120 valence electrons. The number of carbonyl (C=O) groups is 2. The number of nitrogens with zero attached hydrogens (tertiary/aromatic N) is 1. The molecule has 1 aromatic rings. The van der Waals surface area contributed by atoms with E-state index >= 15 is 0 Å². The van der Waals surface area contributed by atoms with Crippen LogP contribution >= 0.6 is 12.4 Å². The van der Waals surface area contributed by atoms with Crippen molar-refractivity contribution >= 4 is 24.2 Å². The van der Waals surface area contributed by atoms with Crippen molar-refractivity contribution in [3.63, 3.8) is 0 Å². The van der Waals surface area contributed by atoms with Crippen LogP contribution in [0.2, 0.25) is 0 Å². The number of rotatable bonds is 3. The number of nitrogens with one attached hydrogen (secondary N) is 1. The van der Waals surface area contributed by atoms with Crippen molar-refractivity contribution < 1.29 is 9.59 Å². The zero-order chi connectivity index (χ0) is 15.0. The summed E-state index contributed by atoms with van der Waals surface area (Å²) in [7, 11) is 0. The number of primary amides is 1. The van der Waals surface area contributed by atoms with Crippen molar-refractivity contribution in [1.29, 1.82) is 0 Å². The standard InChI is InChI=1S/C16H21N3O2.ClH/c1-10(13-7-18-8-13)16(21)19-9-12-5-3-2-4-11(12)6-14(19)15(17)20;/h2-5,10,13-14,18H,6-9H2,1H3,(H2,17,20);1H. The maximum atomic E-state index is 12.7. The molecule has 0 radical (unpaired) electrons. The fourth-order valence-corrected chi connectivity index (χ4v) is 3.14. The van der Waals surface area contributed by atoms with Gasteiger partial charge in [0.05, 0.1) is 0 Å². The van der Waals surface area contributed by atoms with Gasteiger partial charge in [-0.2, -0.15) is 0 Å². The molecule has 2 amide bonds. The summed E-state index contributed by atoms with van der Waals surface area (Å²) in [5, 5.41) is 3.19. The molecule has 1 aromatic carbocycles. The molecule has 0 aromatic heterocycles. The van der Waals surface area contributed by atoms with E-state index in [1.807, 2.05) is 31.2 Å². The molecule has 2 atom stereocenters. The van der Waals surface area contributed by atoms with E-state index in [1.165, 1.54) is 0 Å². The Labute approximate surface area is 136 Å². The molecule has 2 heterocycles. The fourth-order valence-electron chi connectivity index (χ4n) is 3.14. The Bertz CT molecular complexity index is 574. The van der Waals surface area contributed by atoms with Gasteiger partial charge in [0, 0.05) is 18.9 Å². The summed E-state index contributed by atoms with van der Waals surface area (Å²) >= 11 is 0. The molecule has 1 saturated heterocycles. The van der Waals surface area contributed by atoms with E-state index in [0.29, 0.717) is 18.9 Å². The molecule has 0 saturated carbocycles. The third-order valence-corrected chi connectivity index (χ3v) is 4.77. The molecule has 3 N–H and O–H groups in total. The lowest BCUT2D eigenvalue weighted by Crippen LogP contribution is -2.56. The second kappa shape index (κ2) is 6.67. The van der Waals surface area contributed by atoms with Gasteiger partial charge < -0.3 is 16.0 Å². The second-order valence-electron chi connectivity index (χ2n) is 6.06. The van der Waals surface area contributed by atoms with E-state index in [9.17, 15) is 9.59 Å². The highest BCUT2D eigenvalue weighted by atomic mass is 35.5. The number of halogens is 1. The van der Waals surface area contributed by atoms with Crippen LogP contribution in [0, 0.1) is 11.8 Å². The number of benzene rings is 1. The Hall–Kier alpha value is -1.59. The van der Waals surface area contributed by atoms with Crippen LogP contribution in [0.3, 0.4) is 0 Å². The monoisotopic (exact) mass is 323 g/mol. The van der Waals surface area contributed by atoms with Gasteiger partial charge in [0.25, 0.3) is 0 Å². The summed E-state index contributed by atoms with van der Waals surface area (Å²) in [4.78, 5) is 26.2. The normalized spacial score (nSPS) is 22.0. The van der Waals surface area contributed by atoms with Crippen molar-refractivity contribution in [2.75, 3.05) is 13.1 Å². The summed E-state index contributed by atoms with van der Waals surface area (Å²) in [6.45, 7) is 4.18. The second-order valence-corrected chi connectivity index (χ2v) is 6.06. The minimum Gasteiger partial charge on any atom is -0.368 e. The van der Waals surface area contributed by atoms with Crippen LogP contribution in [-0.2, 0) is 22.6 Å². The number of hydrogen-bond donors (Lipinski definition) is 2. The third-order valence-electron chi connectivity index (χ3n) is 4.77. The Balaban J connectivity index is 0.00000176. The highest BCUT2D eigenvalue weighted by molar-refractivity contribution is 5.88. The summed E-state index contributed by atoms with van der Waals surface area (Å²) < 4.78 is 0. The SMILES string of the molecule is CC(C(=O)N1Cc2ccccc2CC1C(N)=O)C1CNC1.Cl. The first-order valence-corrected chi connectivity index (χ1v) is 7.45. The van der Waals surface area contributed by atoms with Gasteiger partial charge in [-0.1, -0.05) is 31.2 Å². The fraction of sp³-hybridized carbons (Fsp3) is 0.500. The Morgan fingerprint density at radius 1 is 1.27 bits per heavy atom. The van der Waals surface area contributed by atoms with E-state index < -0.39 is 11.9 Å². The maximum absolute atomic E-state index is 12.7. The Morgan fingerprint density at radius 2 is 1.91 bits per heavy atom. The van der Waals surface area contributed by atoms with Gasteiger partial charge in [-0.25, -0.2) is 0 Å².